The Kier molecular flexibility index (Phi) is 5.97. The van der Waals surface area contributed by atoms with Gasteiger partial charge in [-0.2, -0.15) is 5.26 Å². The van der Waals surface area contributed by atoms with E-state index in [0.717, 1.165) is 45.4 Å². The number of nitrogens with zero attached hydrogens (tertiary/aromatic N) is 4. The Hall–Kier alpha value is -3.35. The van der Waals surface area contributed by atoms with Crippen molar-refractivity contribution in [1.29, 1.82) is 5.26 Å². The van der Waals surface area contributed by atoms with E-state index >= 15 is 0 Å². The molecule has 1 aromatic carbocycles. The topological polar surface area (TPSA) is 80.5 Å². The summed E-state index contributed by atoms with van der Waals surface area (Å²) in [7, 11) is 0. The summed E-state index contributed by atoms with van der Waals surface area (Å²) in [6.07, 6.45) is 4.79. The first-order valence-corrected chi connectivity index (χ1v) is 10.3. The zero-order chi connectivity index (χ0) is 20.9. The van der Waals surface area contributed by atoms with Crippen LogP contribution in [-0.4, -0.2) is 53.2 Å². The molecule has 2 aromatic rings. The van der Waals surface area contributed by atoms with E-state index in [4.69, 9.17) is 5.26 Å². The van der Waals surface area contributed by atoms with Crippen molar-refractivity contribution in [1.82, 2.24) is 9.88 Å². The van der Waals surface area contributed by atoms with Crippen LogP contribution in [0, 0.1) is 29.1 Å². The van der Waals surface area contributed by atoms with Gasteiger partial charge in [-0.3, -0.25) is 4.90 Å². The lowest BCUT2D eigenvalue weighted by Gasteiger charge is -2.39. The third kappa shape index (κ3) is 4.45. The Labute approximate surface area is 176 Å². The number of anilines is 1. The van der Waals surface area contributed by atoms with Crippen molar-refractivity contribution in [3.63, 3.8) is 0 Å². The number of carbonyl (C=O) groups is 1. The highest BCUT2D eigenvalue weighted by Crippen LogP contribution is 2.30. The maximum absolute atomic E-state index is 11.3. The van der Waals surface area contributed by atoms with Gasteiger partial charge in [0.2, 0.25) is 0 Å². The summed E-state index contributed by atoms with van der Waals surface area (Å²) in [5, 5.41) is 18.2. The molecule has 2 aliphatic rings. The van der Waals surface area contributed by atoms with Gasteiger partial charge in [0, 0.05) is 50.0 Å². The van der Waals surface area contributed by atoms with Crippen LogP contribution in [0.4, 0.5) is 5.69 Å². The van der Waals surface area contributed by atoms with Gasteiger partial charge in [0.25, 0.3) is 0 Å². The summed E-state index contributed by atoms with van der Waals surface area (Å²) < 4.78 is 0. The van der Waals surface area contributed by atoms with Gasteiger partial charge in [0.15, 0.2) is 0 Å². The van der Waals surface area contributed by atoms with Crippen molar-refractivity contribution in [3.05, 3.63) is 59.4 Å². The van der Waals surface area contributed by atoms with Crippen LogP contribution in [0.2, 0.25) is 0 Å². The normalized spacial score (nSPS) is 21.5. The molecule has 1 aliphatic carbocycles. The molecule has 2 fully saturated rings. The molecule has 0 bridgehead atoms. The van der Waals surface area contributed by atoms with E-state index in [9.17, 15) is 9.90 Å². The first kappa shape index (κ1) is 19.9. The third-order valence-electron chi connectivity index (χ3n) is 6.03. The van der Waals surface area contributed by atoms with Gasteiger partial charge in [0.1, 0.15) is 5.69 Å². The van der Waals surface area contributed by atoms with Gasteiger partial charge in [-0.15, -0.1) is 0 Å². The molecule has 1 N–H and O–H groups in total. The molecule has 0 radical (unpaired) electrons. The molecule has 1 aromatic heterocycles. The quantitative estimate of drug-likeness (QED) is 0.798. The SMILES string of the molecule is N#Cc1ccc(N2CCN([C@@H]3CC[C@H](C#Cc4ncccc4C(=O)O)C3)CC2)cc1. The number of hydrogen-bond acceptors (Lipinski definition) is 5. The summed E-state index contributed by atoms with van der Waals surface area (Å²) in [6.45, 7) is 4.01. The fourth-order valence-corrected chi connectivity index (χ4v) is 4.36. The van der Waals surface area contributed by atoms with Crippen molar-refractivity contribution in [2.75, 3.05) is 31.1 Å². The van der Waals surface area contributed by atoms with Gasteiger partial charge in [0.05, 0.1) is 17.2 Å². The summed E-state index contributed by atoms with van der Waals surface area (Å²) in [5.41, 5.74) is 2.38. The Morgan fingerprint density at radius 1 is 1.10 bits per heavy atom. The smallest absolute Gasteiger partial charge is 0.338 e. The number of benzene rings is 1. The maximum atomic E-state index is 11.3. The summed E-state index contributed by atoms with van der Waals surface area (Å²) in [4.78, 5) is 20.4. The van der Waals surface area contributed by atoms with E-state index in [1.165, 1.54) is 5.69 Å². The number of aromatic nitrogens is 1. The number of rotatable bonds is 3. The number of nitriles is 1. The molecule has 4 rings (SSSR count). The zero-order valence-electron chi connectivity index (χ0n) is 16.8. The van der Waals surface area contributed by atoms with Gasteiger partial charge >= 0.3 is 5.97 Å². The fourth-order valence-electron chi connectivity index (χ4n) is 4.36. The van der Waals surface area contributed by atoms with Crippen molar-refractivity contribution in [2.45, 2.75) is 25.3 Å². The predicted octanol–water partition coefficient (Wildman–Crippen LogP) is 2.99. The minimum Gasteiger partial charge on any atom is -0.478 e. The number of aromatic carboxylic acids is 1. The molecular formula is C24H24N4O2. The summed E-state index contributed by atoms with van der Waals surface area (Å²) in [5.74, 6) is 5.57. The highest BCUT2D eigenvalue weighted by molar-refractivity contribution is 5.89. The van der Waals surface area contributed by atoms with E-state index < -0.39 is 5.97 Å². The first-order valence-electron chi connectivity index (χ1n) is 10.3. The lowest BCUT2D eigenvalue weighted by molar-refractivity contribution is 0.0696. The van der Waals surface area contributed by atoms with E-state index in [0.29, 0.717) is 17.3 Å². The zero-order valence-corrected chi connectivity index (χ0v) is 16.8. The van der Waals surface area contributed by atoms with Crippen LogP contribution in [0.15, 0.2) is 42.6 Å². The Morgan fingerprint density at radius 2 is 1.87 bits per heavy atom. The van der Waals surface area contributed by atoms with Crippen LogP contribution in [0.1, 0.15) is 40.9 Å². The minimum absolute atomic E-state index is 0.165. The van der Waals surface area contributed by atoms with Gasteiger partial charge in [-0.05, 0) is 61.6 Å². The maximum Gasteiger partial charge on any atom is 0.338 e. The average molecular weight is 400 g/mol. The molecule has 2 heterocycles. The van der Waals surface area contributed by atoms with E-state index in [2.05, 4.69) is 32.7 Å². The van der Waals surface area contributed by atoms with Crippen molar-refractivity contribution >= 4 is 11.7 Å². The van der Waals surface area contributed by atoms with E-state index in [1.54, 1.807) is 18.3 Å². The van der Waals surface area contributed by atoms with Crippen LogP contribution >= 0.6 is 0 Å². The fraction of sp³-hybridized carbons (Fsp3) is 0.375. The molecule has 152 valence electrons. The number of carboxylic acid groups (broad SMARTS) is 1. The number of carboxylic acids is 1. The van der Waals surface area contributed by atoms with Crippen molar-refractivity contribution in [3.8, 4) is 17.9 Å². The first-order chi connectivity index (χ1) is 14.6. The minimum atomic E-state index is -0.989. The van der Waals surface area contributed by atoms with Crippen LogP contribution in [0.25, 0.3) is 0 Å². The van der Waals surface area contributed by atoms with Crippen LogP contribution in [0.3, 0.4) is 0 Å². The monoisotopic (exact) mass is 400 g/mol. The van der Waals surface area contributed by atoms with Gasteiger partial charge in [-0.25, -0.2) is 9.78 Å². The second-order valence-electron chi connectivity index (χ2n) is 7.82. The van der Waals surface area contributed by atoms with Crippen LogP contribution in [0.5, 0.6) is 0 Å². The van der Waals surface area contributed by atoms with Gasteiger partial charge < -0.3 is 10.0 Å². The average Bonchev–Trinajstić information content (AvgIpc) is 3.27. The lowest BCUT2D eigenvalue weighted by Crippen LogP contribution is -2.49. The molecule has 0 amide bonds. The number of pyridine rings is 1. The summed E-state index contributed by atoms with van der Waals surface area (Å²) in [6, 6.07) is 13.7. The van der Waals surface area contributed by atoms with Crippen molar-refractivity contribution < 1.29 is 9.90 Å². The van der Waals surface area contributed by atoms with Crippen LogP contribution in [-0.2, 0) is 0 Å². The highest BCUT2D eigenvalue weighted by atomic mass is 16.4. The Bertz CT molecular complexity index is 1010. The highest BCUT2D eigenvalue weighted by Gasteiger charge is 2.30. The molecule has 0 unspecified atom stereocenters. The molecule has 0 spiro atoms. The molecule has 6 heteroatoms. The van der Waals surface area contributed by atoms with Crippen LogP contribution < -0.4 is 4.90 Å². The van der Waals surface area contributed by atoms with Crippen molar-refractivity contribution in [2.24, 2.45) is 5.92 Å². The molecular weight excluding hydrogens is 376 g/mol. The standard InChI is InChI=1S/C24H24N4O2/c25-17-19-4-7-20(8-5-19)27-12-14-28(15-13-27)21-9-3-18(16-21)6-10-23-22(24(29)30)2-1-11-26-23/h1-2,4-5,7-8,11,18,21H,3,9,12-16H2,(H,29,30)/t18-,21-/m1/s1. The molecule has 1 saturated heterocycles. The predicted molar refractivity (Wildman–Crippen MR) is 114 cm³/mol. The Balaban J connectivity index is 1.32. The number of hydrogen-bond donors (Lipinski definition) is 1. The lowest BCUT2D eigenvalue weighted by atomic mass is 10.1. The largest absolute Gasteiger partial charge is 0.478 e. The molecule has 30 heavy (non-hydrogen) atoms. The number of piperazine rings is 1. The molecule has 6 nitrogen and oxygen atoms in total. The molecule has 1 aliphatic heterocycles. The van der Waals surface area contributed by atoms with E-state index in [-0.39, 0.29) is 11.5 Å². The third-order valence-corrected chi connectivity index (χ3v) is 6.03. The second kappa shape index (κ2) is 8.98. The Morgan fingerprint density at radius 3 is 2.57 bits per heavy atom. The summed E-state index contributed by atoms with van der Waals surface area (Å²) >= 11 is 0. The molecule has 2 atom stereocenters. The van der Waals surface area contributed by atoms with Gasteiger partial charge in [-0.1, -0.05) is 5.92 Å². The van der Waals surface area contributed by atoms with E-state index in [1.807, 2.05) is 24.3 Å². The second-order valence-corrected chi connectivity index (χ2v) is 7.82. The molecule has 1 saturated carbocycles.